The van der Waals surface area contributed by atoms with Crippen LogP contribution in [0.5, 0.6) is 0 Å². The molecule has 0 aliphatic carbocycles. The smallest absolute Gasteiger partial charge is 0.338 e. The lowest BCUT2D eigenvalue weighted by Crippen LogP contribution is -2.23. The highest BCUT2D eigenvalue weighted by molar-refractivity contribution is 5.91. The van der Waals surface area contributed by atoms with Crippen LogP contribution in [0, 0.1) is 0 Å². The fourth-order valence-electron chi connectivity index (χ4n) is 2.51. The minimum atomic E-state index is -0.522. The summed E-state index contributed by atoms with van der Waals surface area (Å²) >= 11 is 0. The summed E-state index contributed by atoms with van der Waals surface area (Å²) in [5.74, 6) is -0.337. The molecule has 0 spiro atoms. The van der Waals surface area contributed by atoms with E-state index < -0.39 is 5.60 Å². The highest BCUT2D eigenvalue weighted by atomic mass is 16.6. The topological polar surface area (TPSA) is 69.6 Å². The molecule has 3 aromatic rings. The van der Waals surface area contributed by atoms with Crippen LogP contribution in [0.2, 0.25) is 0 Å². The molecular weight excluding hydrogens is 302 g/mol. The number of nitrogens with zero attached hydrogens (tertiary/aromatic N) is 2. The molecule has 0 unspecified atom stereocenters. The van der Waals surface area contributed by atoms with Gasteiger partial charge in [-0.2, -0.15) is 0 Å². The summed E-state index contributed by atoms with van der Waals surface area (Å²) < 4.78 is 7.37. The normalized spacial score (nSPS) is 11.7. The average molecular weight is 323 g/mol. The van der Waals surface area contributed by atoms with Crippen LogP contribution in [-0.2, 0) is 11.3 Å². The SMILES string of the molecule is CC(C)(C)OC(=O)c1cccc(-c2cn3cccc(CN)c3n2)c1. The lowest BCUT2D eigenvalue weighted by atomic mass is 10.1. The molecule has 2 heterocycles. The van der Waals surface area contributed by atoms with Gasteiger partial charge in [-0.1, -0.05) is 18.2 Å². The van der Waals surface area contributed by atoms with Crippen LogP contribution in [0.4, 0.5) is 0 Å². The molecule has 2 N–H and O–H groups in total. The second kappa shape index (κ2) is 6.09. The number of carbonyl (C=O) groups excluding carboxylic acids is 1. The standard InChI is InChI=1S/C19H21N3O2/c1-19(2,3)24-18(23)14-7-4-6-13(10-14)16-12-22-9-5-8-15(11-20)17(22)21-16/h4-10,12H,11,20H2,1-3H3. The highest BCUT2D eigenvalue weighted by Crippen LogP contribution is 2.23. The lowest BCUT2D eigenvalue weighted by Gasteiger charge is -2.19. The number of carbonyl (C=O) groups is 1. The minimum Gasteiger partial charge on any atom is -0.456 e. The quantitative estimate of drug-likeness (QED) is 0.750. The molecular formula is C19H21N3O2. The summed E-state index contributed by atoms with van der Waals surface area (Å²) in [6.45, 7) is 5.99. The Hall–Kier alpha value is -2.66. The van der Waals surface area contributed by atoms with Crippen LogP contribution < -0.4 is 5.73 Å². The van der Waals surface area contributed by atoms with E-state index in [2.05, 4.69) is 4.98 Å². The highest BCUT2D eigenvalue weighted by Gasteiger charge is 2.18. The number of fused-ring (bicyclic) bond motifs is 1. The number of nitrogens with two attached hydrogens (primary N) is 1. The minimum absolute atomic E-state index is 0.337. The number of benzene rings is 1. The molecule has 0 saturated heterocycles. The Morgan fingerprint density at radius 3 is 2.75 bits per heavy atom. The van der Waals surface area contributed by atoms with Gasteiger partial charge in [-0.05, 0) is 39.0 Å². The van der Waals surface area contributed by atoms with Crippen LogP contribution in [0.3, 0.4) is 0 Å². The summed E-state index contributed by atoms with van der Waals surface area (Å²) in [5.41, 5.74) is 9.23. The number of hydrogen-bond donors (Lipinski definition) is 1. The molecule has 0 bridgehead atoms. The van der Waals surface area contributed by atoms with Crippen molar-refractivity contribution >= 4 is 11.6 Å². The van der Waals surface area contributed by atoms with Gasteiger partial charge in [0.15, 0.2) is 0 Å². The van der Waals surface area contributed by atoms with Gasteiger partial charge in [0.2, 0.25) is 0 Å². The summed E-state index contributed by atoms with van der Waals surface area (Å²) in [4.78, 5) is 16.9. The van der Waals surface area contributed by atoms with Crippen molar-refractivity contribution in [1.82, 2.24) is 9.38 Å². The van der Waals surface area contributed by atoms with Gasteiger partial charge < -0.3 is 14.9 Å². The largest absolute Gasteiger partial charge is 0.456 e. The third kappa shape index (κ3) is 3.31. The summed E-state index contributed by atoms with van der Waals surface area (Å²) in [6.07, 6.45) is 3.87. The first-order chi connectivity index (χ1) is 11.4. The maximum absolute atomic E-state index is 12.3. The van der Waals surface area contributed by atoms with E-state index in [1.54, 1.807) is 12.1 Å². The van der Waals surface area contributed by atoms with Crippen molar-refractivity contribution in [3.8, 4) is 11.3 Å². The van der Waals surface area contributed by atoms with E-state index in [9.17, 15) is 4.79 Å². The number of esters is 1. The molecule has 0 aliphatic rings. The summed E-state index contributed by atoms with van der Waals surface area (Å²) in [5, 5.41) is 0. The number of hydrogen-bond acceptors (Lipinski definition) is 4. The van der Waals surface area contributed by atoms with Gasteiger partial charge in [0.1, 0.15) is 11.2 Å². The van der Waals surface area contributed by atoms with Crippen LogP contribution in [0.25, 0.3) is 16.9 Å². The van der Waals surface area contributed by atoms with Crippen LogP contribution in [0.15, 0.2) is 48.8 Å². The van der Waals surface area contributed by atoms with E-state index in [4.69, 9.17) is 10.5 Å². The number of pyridine rings is 1. The second-order valence-corrected chi connectivity index (χ2v) is 6.68. The van der Waals surface area contributed by atoms with Crippen LogP contribution in [-0.4, -0.2) is 21.0 Å². The zero-order valence-electron chi connectivity index (χ0n) is 14.1. The average Bonchev–Trinajstić information content (AvgIpc) is 2.97. The van der Waals surface area contributed by atoms with E-state index in [0.717, 1.165) is 22.5 Å². The first-order valence-electron chi connectivity index (χ1n) is 7.88. The van der Waals surface area contributed by atoms with Gasteiger partial charge in [-0.25, -0.2) is 9.78 Å². The number of imidazole rings is 1. The number of aromatic nitrogens is 2. The van der Waals surface area contributed by atoms with Gasteiger partial charge in [0, 0.05) is 30.1 Å². The third-order valence-corrected chi connectivity index (χ3v) is 3.58. The van der Waals surface area contributed by atoms with Crippen molar-refractivity contribution in [2.45, 2.75) is 32.9 Å². The van der Waals surface area contributed by atoms with Crippen LogP contribution in [0.1, 0.15) is 36.7 Å². The van der Waals surface area contributed by atoms with E-state index in [-0.39, 0.29) is 5.97 Å². The van der Waals surface area contributed by atoms with Crippen molar-refractivity contribution in [3.63, 3.8) is 0 Å². The molecule has 0 saturated carbocycles. The zero-order chi connectivity index (χ0) is 17.3. The molecule has 5 heteroatoms. The molecule has 0 fully saturated rings. The number of rotatable bonds is 3. The molecule has 0 aliphatic heterocycles. The van der Waals surface area contributed by atoms with Crippen LogP contribution >= 0.6 is 0 Å². The van der Waals surface area contributed by atoms with E-state index in [0.29, 0.717) is 12.1 Å². The first-order valence-corrected chi connectivity index (χ1v) is 7.88. The fraction of sp³-hybridized carbons (Fsp3) is 0.263. The Labute approximate surface area is 141 Å². The van der Waals surface area contributed by atoms with Crippen molar-refractivity contribution in [2.24, 2.45) is 5.73 Å². The second-order valence-electron chi connectivity index (χ2n) is 6.68. The van der Waals surface area contributed by atoms with Crippen molar-refractivity contribution < 1.29 is 9.53 Å². The van der Waals surface area contributed by atoms with Crippen molar-refractivity contribution in [2.75, 3.05) is 0 Å². The molecule has 24 heavy (non-hydrogen) atoms. The maximum Gasteiger partial charge on any atom is 0.338 e. The fourth-order valence-corrected chi connectivity index (χ4v) is 2.51. The number of ether oxygens (including phenoxy) is 1. The molecule has 3 rings (SSSR count). The molecule has 5 nitrogen and oxygen atoms in total. The van der Waals surface area contributed by atoms with Gasteiger partial charge in [0.25, 0.3) is 0 Å². The maximum atomic E-state index is 12.3. The summed E-state index contributed by atoms with van der Waals surface area (Å²) in [6, 6.07) is 11.2. The third-order valence-electron chi connectivity index (χ3n) is 3.58. The van der Waals surface area contributed by atoms with E-state index in [1.165, 1.54) is 0 Å². The molecule has 1 aromatic carbocycles. The molecule has 0 atom stereocenters. The summed E-state index contributed by atoms with van der Waals surface area (Å²) in [7, 11) is 0. The predicted octanol–water partition coefficient (Wildman–Crippen LogP) is 3.42. The molecule has 0 amide bonds. The Morgan fingerprint density at radius 2 is 2.04 bits per heavy atom. The van der Waals surface area contributed by atoms with Gasteiger partial charge >= 0.3 is 5.97 Å². The Balaban J connectivity index is 1.99. The zero-order valence-corrected chi connectivity index (χ0v) is 14.1. The van der Waals surface area contributed by atoms with Gasteiger partial charge in [0.05, 0.1) is 11.3 Å². The first kappa shape index (κ1) is 16.2. The molecule has 2 aromatic heterocycles. The Kier molecular flexibility index (Phi) is 4.11. The predicted molar refractivity (Wildman–Crippen MR) is 93.7 cm³/mol. The Bertz CT molecular complexity index is 891. The molecule has 124 valence electrons. The van der Waals surface area contributed by atoms with E-state index >= 15 is 0 Å². The van der Waals surface area contributed by atoms with E-state index in [1.807, 2.05) is 61.8 Å². The van der Waals surface area contributed by atoms with Gasteiger partial charge in [-0.3, -0.25) is 0 Å². The monoisotopic (exact) mass is 323 g/mol. The van der Waals surface area contributed by atoms with Gasteiger partial charge in [-0.15, -0.1) is 0 Å². The lowest BCUT2D eigenvalue weighted by molar-refractivity contribution is 0.00696. The Morgan fingerprint density at radius 1 is 1.25 bits per heavy atom. The van der Waals surface area contributed by atoms with Crippen molar-refractivity contribution in [3.05, 3.63) is 59.9 Å². The molecule has 0 radical (unpaired) electrons. The van der Waals surface area contributed by atoms with Crippen molar-refractivity contribution in [1.29, 1.82) is 0 Å².